The Morgan fingerprint density at radius 3 is 2.00 bits per heavy atom. The topological polar surface area (TPSA) is 128 Å². The summed E-state index contributed by atoms with van der Waals surface area (Å²) in [6.07, 6.45) is -0.595. The molecule has 0 atom stereocenters. The molecule has 9 heteroatoms. The Labute approximate surface area is 120 Å². The second kappa shape index (κ2) is 11.3. The second-order valence-electron chi connectivity index (χ2n) is 3.54. The van der Waals surface area contributed by atoms with Crippen LogP contribution in [-0.2, 0) is 28.6 Å². The third-order valence-corrected chi connectivity index (χ3v) is 1.93. The lowest BCUT2D eigenvalue weighted by molar-refractivity contribution is -0.152. The standard InChI is InChI=1S/C12H17NO8/c1-2-9(14)20-7-8-21-11(16)4-3-10(15)19-6-5-13-12(17)18/h2,13H,1,3-8H2,(H,17,18). The number of carbonyl (C=O) groups excluding carboxylic acids is 3. The highest BCUT2D eigenvalue weighted by atomic mass is 16.6. The fourth-order valence-corrected chi connectivity index (χ4v) is 1.03. The number of amides is 1. The molecule has 1 amide bonds. The molecular formula is C12H17NO8. The molecule has 9 nitrogen and oxygen atoms in total. The Balaban J connectivity index is 3.54. The lowest BCUT2D eigenvalue weighted by Gasteiger charge is -2.06. The summed E-state index contributed by atoms with van der Waals surface area (Å²) in [6, 6.07) is 0. The molecule has 0 heterocycles. The van der Waals surface area contributed by atoms with Crippen LogP contribution in [0.1, 0.15) is 12.8 Å². The summed E-state index contributed by atoms with van der Waals surface area (Å²) in [5.41, 5.74) is 0. The highest BCUT2D eigenvalue weighted by Gasteiger charge is 2.09. The second-order valence-corrected chi connectivity index (χ2v) is 3.54. The molecule has 0 aliphatic carbocycles. The first-order chi connectivity index (χ1) is 9.95. The first-order valence-corrected chi connectivity index (χ1v) is 6.03. The van der Waals surface area contributed by atoms with Gasteiger partial charge in [0.2, 0.25) is 0 Å². The van der Waals surface area contributed by atoms with Crippen molar-refractivity contribution in [3.8, 4) is 0 Å². The Bertz CT molecular complexity index is 393. The first-order valence-electron chi connectivity index (χ1n) is 6.03. The summed E-state index contributed by atoms with van der Waals surface area (Å²) in [6.45, 7) is 2.84. The number of nitrogens with one attached hydrogen (secondary N) is 1. The Morgan fingerprint density at radius 2 is 1.48 bits per heavy atom. The van der Waals surface area contributed by atoms with Crippen molar-refractivity contribution in [3.63, 3.8) is 0 Å². The molecule has 0 radical (unpaired) electrons. The van der Waals surface area contributed by atoms with Crippen LogP contribution in [-0.4, -0.2) is 55.5 Å². The molecule has 0 unspecified atom stereocenters. The van der Waals surface area contributed by atoms with Crippen molar-refractivity contribution in [2.45, 2.75) is 12.8 Å². The molecular weight excluding hydrogens is 286 g/mol. The molecule has 0 aliphatic rings. The number of hydrogen-bond acceptors (Lipinski definition) is 7. The van der Waals surface area contributed by atoms with Gasteiger partial charge in [0.15, 0.2) is 0 Å². The van der Waals surface area contributed by atoms with Crippen molar-refractivity contribution in [1.29, 1.82) is 0 Å². The number of esters is 3. The normalized spacial score (nSPS) is 9.33. The van der Waals surface area contributed by atoms with Gasteiger partial charge in [-0.2, -0.15) is 0 Å². The Kier molecular flexibility index (Phi) is 9.88. The van der Waals surface area contributed by atoms with Crippen LogP contribution in [0, 0.1) is 0 Å². The summed E-state index contributed by atoms with van der Waals surface area (Å²) >= 11 is 0. The van der Waals surface area contributed by atoms with Gasteiger partial charge in [-0.1, -0.05) is 6.58 Å². The lowest BCUT2D eigenvalue weighted by atomic mass is 10.3. The van der Waals surface area contributed by atoms with Crippen LogP contribution in [0.3, 0.4) is 0 Å². The maximum absolute atomic E-state index is 11.2. The van der Waals surface area contributed by atoms with Crippen LogP contribution in [0.5, 0.6) is 0 Å². The third kappa shape index (κ3) is 12.2. The van der Waals surface area contributed by atoms with E-state index in [0.29, 0.717) is 0 Å². The van der Waals surface area contributed by atoms with Crippen molar-refractivity contribution in [3.05, 3.63) is 12.7 Å². The van der Waals surface area contributed by atoms with Crippen LogP contribution >= 0.6 is 0 Å². The van der Waals surface area contributed by atoms with Gasteiger partial charge in [0.25, 0.3) is 0 Å². The molecule has 0 spiro atoms. The number of carbonyl (C=O) groups is 4. The number of rotatable bonds is 10. The zero-order valence-electron chi connectivity index (χ0n) is 11.3. The average molecular weight is 303 g/mol. The SMILES string of the molecule is C=CC(=O)OCCOC(=O)CCC(=O)OCCNC(=O)O. The van der Waals surface area contributed by atoms with E-state index in [1.807, 2.05) is 5.32 Å². The Hall–Kier alpha value is -2.58. The van der Waals surface area contributed by atoms with Crippen molar-refractivity contribution in [2.24, 2.45) is 0 Å². The number of carboxylic acid groups (broad SMARTS) is 1. The lowest BCUT2D eigenvalue weighted by Crippen LogP contribution is -2.26. The zero-order valence-corrected chi connectivity index (χ0v) is 11.3. The van der Waals surface area contributed by atoms with Gasteiger partial charge in [0, 0.05) is 6.08 Å². The van der Waals surface area contributed by atoms with E-state index in [1.165, 1.54) is 0 Å². The van der Waals surface area contributed by atoms with Crippen molar-refractivity contribution < 1.29 is 38.5 Å². The summed E-state index contributed by atoms with van der Waals surface area (Å²) in [5, 5.41) is 10.3. The average Bonchev–Trinajstić information content (AvgIpc) is 2.45. The third-order valence-electron chi connectivity index (χ3n) is 1.93. The van der Waals surface area contributed by atoms with Gasteiger partial charge in [-0.05, 0) is 0 Å². The minimum atomic E-state index is -1.22. The highest BCUT2D eigenvalue weighted by molar-refractivity contribution is 5.81. The molecule has 0 saturated heterocycles. The van der Waals surface area contributed by atoms with Gasteiger partial charge in [-0.3, -0.25) is 9.59 Å². The molecule has 0 aromatic carbocycles. The summed E-state index contributed by atoms with van der Waals surface area (Å²) in [4.78, 5) is 43.1. The van der Waals surface area contributed by atoms with E-state index in [0.717, 1.165) is 6.08 Å². The van der Waals surface area contributed by atoms with E-state index in [2.05, 4.69) is 16.1 Å². The van der Waals surface area contributed by atoms with Gasteiger partial charge in [0.05, 0.1) is 19.4 Å². The predicted octanol–water partition coefficient (Wildman–Crippen LogP) is -0.150. The van der Waals surface area contributed by atoms with Gasteiger partial charge < -0.3 is 24.6 Å². The molecule has 2 N–H and O–H groups in total. The van der Waals surface area contributed by atoms with E-state index in [1.54, 1.807) is 0 Å². The quantitative estimate of drug-likeness (QED) is 0.247. The smallest absolute Gasteiger partial charge is 0.404 e. The molecule has 0 aliphatic heterocycles. The molecule has 0 aromatic heterocycles. The maximum atomic E-state index is 11.2. The highest BCUT2D eigenvalue weighted by Crippen LogP contribution is 1.96. The molecule has 21 heavy (non-hydrogen) atoms. The van der Waals surface area contributed by atoms with E-state index in [9.17, 15) is 19.2 Å². The van der Waals surface area contributed by atoms with Gasteiger partial charge in [0.1, 0.15) is 19.8 Å². The van der Waals surface area contributed by atoms with Crippen LogP contribution < -0.4 is 5.32 Å². The van der Waals surface area contributed by atoms with Gasteiger partial charge in [-0.15, -0.1) is 0 Å². The fourth-order valence-electron chi connectivity index (χ4n) is 1.03. The molecule has 0 fully saturated rings. The van der Waals surface area contributed by atoms with E-state index < -0.39 is 24.0 Å². The van der Waals surface area contributed by atoms with Gasteiger partial charge >= 0.3 is 24.0 Å². The summed E-state index contributed by atoms with van der Waals surface area (Å²) in [5.74, 6) is -1.90. The van der Waals surface area contributed by atoms with Gasteiger partial charge in [-0.25, -0.2) is 9.59 Å². The number of ether oxygens (including phenoxy) is 3. The molecule has 0 bridgehead atoms. The van der Waals surface area contributed by atoms with Crippen LogP contribution in [0.4, 0.5) is 4.79 Å². The monoisotopic (exact) mass is 303 g/mol. The fraction of sp³-hybridized carbons (Fsp3) is 0.500. The Morgan fingerprint density at radius 1 is 0.952 bits per heavy atom. The maximum Gasteiger partial charge on any atom is 0.404 e. The molecule has 118 valence electrons. The molecule has 0 aromatic rings. The molecule has 0 rings (SSSR count). The van der Waals surface area contributed by atoms with Crippen LogP contribution in [0.25, 0.3) is 0 Å². The minimum absolute atomic E-state index is 0.0276. The van der Waals surface area contributed by atoms with E-state index in [-0.39, 0.29) is 39.2 Å². The van der Waals surface area contributed by atoms with Crippen molar-refractivity contribution >= 4 is 24.0 Å². The summed E-state index contributed by atoms with van der Waals surface area (Å²) in [7, 11) is 0. The molecule has 0 saturated carbocycles. The minimum Gasteiger partial charge on any atom is -0.465 e. The number of hydrogen-bond donors (Lipinski definition) is 2. The van der Waals surface area contributed by atoms with E-state index in [4.69, 9.17) is 9.84 Å². The zero-order chi connectivity index (χ0) is 16.1. The van der Waals surface area contributed by atoms with E-state index >= 15 is 0 Å². The van der Waals surface area contributed by atoms with Crippen LogP contribution in [0.2, 0.25) is 0 Å². The van der Waals surface area contributed by atoms with Crippen molar-refractivity contribution in [2.75, 3.05) is 26.4 Å². The van der Waals surface area contributed by atoms with Crippen molar-refractivity contribution in [1.82, 2.24) is 5.32 Å². The van der Waals surface area contributed by atoms with Crippen LogP contribution in [0.15, 0.2) is 12.7 Å². The predicted molar refractivity (Wildman–Crippen MR) is 68.3 cm³/mol. The summed E-state index contributed by atoms with van der Waals surface area (Å²) < 4.78 is 13.9. The largest absolute Gasteiger partial charge is 0.465 e. The first kappa shape index (κ1) is 18.4.